The molecule has 2 N–H and O–H groups in total. The van der Waals surface area contributed by atoms with Gasteiger partial charge in [-0.15, -0.1) is 0 Å². The standard InChI is InChI=1S/C15H25NO/c1-11-8-12(2)14(13(3)9-11)10-15(4,17)6-7-16-5/h8-9,16-17H,6-7,10H2,1-5H3. The molecule has 0 saturated carbocycles. The van der Waals surface area contributed by atoms with Gasteiger partial charge in [-0.3, -0.25) is 0 Å². The molecular weight excluding hydrogens is 210 g/mol. The van der Waals surface area contributed by atoms with Gasteiger partial charge in [0.25, 0.3) is 0 Å². The summed E-state index contributed by atoms with van der Waals surface area (Å²) in [6.07, 6.45) is 1.50. The Morgan fingerprint density at radius 2 is 1.71 bits per heavy atom. The molecule has 0 bridgehead atoms. The van der Waals surface area contributed by atoms with Crippen molar-refractivity contribution in [2.75, 3.05) is 13.6 Å². The van der Waals surface area contributed by atoms with Gasteiger partial charge in [-0.2, -0.15) is 0 Å². The van der Waals surface area contributed by atoms with Crippen molar-refractivity contribution < 1.29 is 5.11 Å². The predicted octanol–water partition coefficient (Wildman–Crippen LogP) is 2.51. The molecule has 0 radical (unpaired) electrons. The molecule has 2 heteroatoms. The fourth-order valence-electron chi connectivity index (χ4n) is 2.35. The Bertz CT molecular complexity index is 360. The highest BCUT2D eigenvalue weighted by atomic mass is 16.3. The third-order valence-corrected chi connectivity index (χ3v) is 3.31. The third-order valence-electron chi connectivity index (χ3n) is 3.31. The molecule has 1 unspecified atom stereocenters. The summed E-state index contributed by atoms with van der Waals surface area (Å²) in [7, 11) is 1.92. The van der Waals surface area contributed by atoms with Gasteiger partial charge in [-0.25, -0.2) is 0 Å². The lowest BCUT2D eigenvalue weighted by Crippen LogP contribution is -2.31. The van der Waals surface area contributed by atoms with E-state index in [2.05, 4.69) is 38.2 Å². The lowest BCUT2D eigenvalue weighted by atomic mass is 9.88. The summed E-state index contributed by atoms with van der Waals surface area (Å²) in [6, 6.07) is 4.38. The van der Waals surface area contributed by atoms with E-state index >= 15 is 0 Å². The van der Waals surface area contributed by atoms with Crippen LogP contribution in [0.25, 0.3) is 0 Å². The van der Waals surface area contributed by atoms with E-state index in [4.69, 9.17) is 0 Å². The maximum atomic E-state index is 10.4. The van der Waals surface area contributed by atoms with Crippen molar-refractivity contribution >= 4 is 0 Å². The number of benzene rings is 1. The number of hydrogen-bond acceptors (Lipinski definition) is 2. The van der Waals surface area contributed by atoms with E-state index in [-0.39, 0.29) is 0 Å². The molecule has 0 heterocycles. The molecule has 1 rings (SSSR count). The lowest BCUT2D eigenvalue weighted by molar-refractivity contribution is 0.0517. The molecule has 0 aliphatic carbocycles. The van der Waals surface area contributed by atoms with E-state index in [0.29, 0.717) is 0 Å². The minimum atomic E-state index is -0.631. The summed E-state index contributed by atoms with van der Waals surface area (Å²) >= 11 is 0. The summed E-state index contributed by atoms with van der Waals surface area (Å²) in [4.78, 5) is 0. The molecular formula is C15H25NO. The zero-order valence-electron chi connectivity index (χ0n) is 11.7. The maximum Gasteiger partial charge on any atom is 0.0672 e. The highest BCUT2D eigenvalue weighted by Crippen LogP contribution is 2.23. The molecule has 1 atom stereocenters. The Balaban J connectivity index is 2.87. The molecule has 0 aliphatic heterocycles. The first kappa shape index (κ1) is 14.2. The fraction of sp³-hybridized carbons (Fsp3) is 0.600. The zero-order valence-corrected chi connectivity index (χ0v) is 11.7. The van der Waals surface area contributed by atoms with Crippen LogP contribution in [0.1, 0.15) is 35.6 Å². The van der Waals surface area contributed by atoms with E-state index in [0.717, 1.165) is 19.4 Å². The molecule has 96 valence electrons. The van der Waals surface area contributed by atoms with Crippen LogP contribution in [0.4, 0.5) is 0 Å². The number of nitrogens with one attached hydrogen (secondary N) is 1. The van der Waals surface area contributed by atoms with Gasteiger partial charge >= 0.3 is 0 Å². The number of aryl methyl sites for hydroxylation is 3. The lowest BCUT2D eigenvalue weighted by Gasteiger charge is -2.25. The van der Waals surface area contributed by atoms with E-state index in [1.807, 2.05) is 14.0 Å². The highest BCUT2D eigenvalue weighted by Gasteiger charge is 2.22. The first-order chi connectivity index (χ1) is 7.85. The van der Waals surface area contributed by atoms with E-state index in [1.165, 1.54) is 22.3 Å². The highest BCUT2D eigenvalue weighted by molar-refractivity contribution is 5.38. The summed E-state index contributed by atoms with van der Waals surface area (Å²) in [5, 5.41) is 13.5. The Labute approximate surface area is 105 Å². The molecule has 0 aromatic heterocycles. The van der Waals surface area contributed by atoms with Crippen molar-refractivity contribution in [3.05, 3.63) is 34.4 Å². The summed E-state index contributed by atoms with van der Waals surface area (Å²) in [6.45, 7) is 9.13. The molecule has 0 amide bonds. The topological polar surface area (TPSA) is 32.3 Å². The van der Waals surface area contributed by atoms with Gasteiger partial charge in [0.1, 0.15) is 0 Å². The Hall–Kier alpha value is -0.860. The molecule has 0 spiro atoms. The molecule has 1 aromatic rings. The molecule has 0 fully saturated rings. The minimum Gasteiger partial charge on any atom is -0.390 e. The van der Waals surface area contributed by atoms with Gasteiger partial charge in [-0.1, -0.05) is 17.7 Å². The van der Waals surface area contributed by atoms with Crippen molar-refractivity contribution in [3.63, 3.8) is 0 Å². The van der Waals surface area contributed by atoms with Crippen molar-refractivity contribution in [1.82, 2.24) is 5.32 Å². The smallest absolute Gasteiger partial charge is 0.0672 e. The van der Waals surface area contributed by atoms with Crippen molar-refractivity contribution in [2.24, 2.45) is 0 Å². The van der Waals surface area contributed by atoms with E-state index in [1.54, 1.807) is 0 Å². The van der Waals surface area contributed by atoms with E-state index < -0.39 is 5.60 Å². The van der Waals surface area contributed by atoms with Gasteiger partial charge < -0.3 is 10.4 Å². The van der Waals surface area contributed by atoms with Crippen molar-refractivity contribution in [3.8, 4) is 0 Å². The van der Waals surface area contributed by atoms with Crippen LogP contribution in [0, 0.1) is 20.8 Å². The van der Waals surface area contributed by atoms with Crippen LogP contribution in [-0.4, -0.2) is 24.3 Å². The average molecular weight is 235 g/mol. The maximum absolute atomic E-state index is 10.4. The van der Waals surface area contributed by atoms with E-state index in [9.17, 15) is 5.11 Å². The third kappa shape index (κ3) is 4.14. The minimum absolute atomic E-state index is 0.631. The van der Waals surface area contributed by atoms with Crippen LogP contribution in [0.5, 0.6) is 0 Å². The first-order valence-electron chi connectivity index (χ1n) is 6.29. The van der Waals surface area contributed by atoms with Crippen LogP contribution in [0.3, 0.4) is 0 Å². The first-order valence-corrected chi connectivity index (χ1v) is 6.29. The van der Waals surface area contributed by atoms with Crippen LogP contribution in [0.15, 0.2) is 12.1 Å². The second kappa shape index (κ2) is 5.65. The molecule has 17 heavy (non-hydrogen) atoms. The fourth-order valence-corrected chi connectivity index (χ4v) is 2.35. The zero-order chi connectivity index (χ0) is 13.1. The van der Waals surface area contributed by atoms with Gasteiger partial charge in [0, 0.05) is 6.42 Å². The Morgan fingerprint density at radius 1 is 1.18 bits per heavy atom. The summed E-state index contributed by atoms with van der Waals surface area (Å²) in [5.74, 6) is 0. The quantitative estimate of drug-likeness (QED) is 0.822. The largest absolute Gasteiger partial charge is 0.390 e. The van der Waals surface area contributed by atoms with Gasteiger partial charge in [-0.05, 0) is 64.4 Å². The van der Waals surface area contributed by atoms with Crippen molar-refractivity contribution in [1.29, 1.82) is 0 Å². The Kier molecular flexibility index (Phi) is 4.72. The molecule has 2 nitrogen and oxygen atoms in total. The molecule has 1 aromatic carbocycles. The van der Waals surface area contributed by atoms with Crippen molar-refractivity contribution in [2.45, 2.75) is 46.1 Å². The number of hydrogen-bond donors (Lipinski definition) is 2. The second-order valence-corrected chi connectivity index (χ2v) is 5.40. The Morgan fingerprint density at radius 3 is 2.18 bits per heavy atom. The van der Waals surface area contributed by atoms with Crippen LogP contribution in [-0.2, 0) is 6.42 Å². The predicted molar refractivity (Wildman–Crippen MR) is 73.5 cm³/mol. The van der Waals surface area contributed by atoms with Gasteiger partial charge in [0.05, 0.1) is 5.60 Å². The van der Waals surface area contributed by atoms with Gasteiger partial charge in [0.15, 0.2) is 0 Å². The van der Waals surface area contributed by atoms with Gasteiger partial charge in [0.2, 0.25) is 0 Å². The van der Waals surface area contributed by atoms with Crippen LogP contribution in [0.2, 0.25) is 0 Å². The number of aliphatic hydroxyl groups is 1. The normalized spacial score (nSPS) is 14.7. The van der Waals surface area contributed by atoms with Crippen LogP contribution < -0.4 is 5.32 Å². The second-order valence-electron chi connectivity index (χ2n) is 5.40. The SMILES string of the molecule is CNCCC(C)(O)Cc1c(C)cc(C)cc1C. The van der Waals surface area contributed by atoms with Crippen LogP contribution >= 0.6 is 0 Å². The summed E-state index contributed by atoms with van der Waals surface area (Å²) in [5.41, 5.74) is 4.52. The average Bonchev–Trinajstić information content (AvgIpc) is 2.21. The monoisotopic (exact) mass is 235 g/mol. The molecule has 0 saturated heterocycles. The summed E-state index contributed by atoms with van der Waals surface area (Å²) < 4.78 is 0. The number of rotatable bonds is 5. The molecule has 0 aliphatic rings.